The summed E-state index contributed by atoms with van der Waals surface area (Å²) >= 11 is 5.77. The van der Waals surface area contributed by atoms with Gasteiger partial charge >= 0.3 is 0 Å². The Morgan fingerprint density at radius 1 is 1.43 bits per heavy atom. The highest BCUT2D eigenvalue weighted by Crippen LogP contribution is 2.23. The van der Waals surface area contributed by atoms with E-state index in [1.54, 1.807) is 0 Å². The SMILES string of the molecule is CC1=C(CCCl)CN2CCCCC2=N1. The molecular formula is C11H17ClN2. The van der Waals surface area contributed by atoms with Gasteiger partial charge in [-0.25, -0.2) is 4.99 Å². The van der Waals surface area contributed by atoms with Gasteiger partial charge in [0.25, 0.3) is 0 Å². The molecule has 2 heterocycles. The van der Waals surface area contributed by atoms with E-state index in [-0.39, 0.29) is 0 Å². The molecule has 2 rings (SSSR count). The van der Waals surface area contributed by atoms with Crippen LogP contribution in [0, 0.1) is 0 Å². The van der Waals surface area contributed by atoms with Crippen molar-refractivity contribution in [2.24, 2.45) is 4.99 Å². The molecule has 1 saturated heterocycles. The topological polar surface area (TPSA) is 15.6 Å². The zero-order valence-electron chi connectivity index (χ0n) is 8.72. The number of alkyl halides is 1. The first-order valence-corrected chi connectivity index (χ1v) is 5.92. The lowest BCUT2D eigenvalue weighted by atomic mass is 10.0. The lowest BCUT2D eigenvalue weighted by Crippen LogP contribution is -2.39. The molecule has 0 bridgehead atoms. The second-order valence-electron chi connectivity index (χ2n) is 4.03. The van der Waals surface area contributed by atoms with Crippen molar-refractivity contribution in [2.75, 3.05) is 19.0 Å². The van der Waals surface area contributed by atoms with Gasteiger partial charge in [0.1, 0.15) is 5.84 Å². The summed E-state index contributed by atoms with van der Waals surface area (Å²) in [6.45, 7) is 4.36. The predicted octanol–water partition coefficient (Wildman–Crippen LogP) is 2.79. The van der Waals surface area contributed by atoms with Crippen LogP contribution in [0.5, 0.6) is 0 Å². The summed E-state index contributed by atoms with van der Waals surface area (Å²) in [7, 11) is 0. The van der Waals surface area contributed by atoms with Gasteiger partial charge < -0.3 is 4.90 Å². The first-order valence-electron chi connectivity index (χ1n) is 5.38. The fraction of sp³-hybridized carbons (Fsp3) is 0.727. The molecule has 0 aliphatic carbocycles. The van der Waals surface area contributed by atoms with Crippen molar-refractivity contribution in [2.45, 2.75) is 32.6 Å². The van der Waals surface area contributed by atoms with Crippen LogP contribution in [0.2, 0.25) is 0 Å². The fourth-order valence-corrected chi connectivity index (χ4v) is 2.39. The van der Waals surface area contributed by atoms with Gasteiger partial charge in [-0.1, -0.05) is 0 Å². The van der Waals surface area contributed by atoms with E-state index in [2.05, 4.69) is 16.8 Å². The third-order valence-corrected chi connectivity index (χ3v) is 3.22. The van der Waals surface area contributed by atoms with Crippen molar-refractivity contribution in [3.63, 3.8) is 0 Å². The number of amidine groups is 1. The van der Waals surface area contributed by atoms with Gasteiger partial charge in [0.15, 0.2) is 0 Å². The number of fused-ring (bicyclic) bond motifs is 1. The number of halogens is 1. The minimum atomic E-state index is 0.714. The molecule has 0 amide bonds. The van der Waals surface area contributed by atoms with Gasteiger partial charge in [0.05, 0.1) is 0 Å². The normalized spacial score (nSPS) is 22.1. The minimum Gasteiger partial charge on any atom is -0.356 e. The van der Waals surface area contributed by atoms with Gasteiger partial charge in [-0.15, -0.1) is 11.6 Å². The Kier molecular flexibility index (Phi) is 3.12. The van der Waals surface area contributed by atoms with Gasteiger partial charge in [-0.2, -0.15) is 0 Å². The highest BCUT2D eigenvalue weighted by Gasteiger charge is 2.21. The highest BCUT2D eigenvalue weighted by molar-refractivity contribution is 6.18. The molecule has 0 aromatic heterocycles. The van der Waals surface area contributed by atoms with Crippen molar-refractivity contribution in [1.82, 2.24) is 4.90 Å². The summed E-state index contributed by atoms with van der Waals surface area (Å²) in [5.74, 6) is 2.01. The van der Waals surface area contributed by atoms with Gasteiger partial charge in [-0.05, 0) is 31.8 Å². The van der Waals surface area contributed by atoms with Gasteiger partial charge in [-0.3, -0.25) is 0 Å². The molecular weight excluding hydrogens is 196 g/mol. The predicted molar refractivity (Wildman–Crippen MR) is 60.9 cm³/mol. The van der Waals surface area contributed by atoms with Crippen molar-refractivity contribution in [1.29, 1.82) is 0 Å². The van der Waals surface area contributed by atoms with Crippen LogP contribution in [0.15, 0.2) is 16.3 Å². The Morgan fingerprint density at radius 3 is 3.07 bits per heavy atom. The summed E-state index contributed by atoms with van der Waals surface area (Å²) < 4.78 is 0. The van der Waals surface area contributed by atoms with Crippen LogP contribution in [0.4, 0.5) is 0 Å². The molecule has 14 heavy (non-hydrogen) atoms. The first kappa shape index (κ1) is 10.0. The molecule has 2 nitrogen and oxygen atoms in total. The summed E-state index contributed by atoms with van der Waals surface area (Å²) in [5, 5.41) is 0. The molecule has 2 aliphatic heterocycles. The molecule has 3 heteroatoms. The van der Waals surface area contributed by atoms with Crippen LogP contribution in [0.3, 0.4) is 0 Å². The Hall–Kier alpha value is -0.500. The highest BCUT2D eigenvalue weighted by atomic mass is 35.5. The lowest BCUT2D eigenvalue weighted by molar-refractivity contribution is 0.384. The van der Waals surface area contributed by atoms with Crippen LogP contribution in [0.25, 0.3) is 0 Å². The van der Waals surface area contributed by atoms with E-state index in [0.717, 1.165) is 19.4 Å². The van der Waals surface area contributed by atoms with E-state index in [4.69, 9.17) is 11.6 Å². The number of hydrogen-bond acceptors (Lipinski definition) is 2. The molecule has 0 atom stereocenters. The molecule has 0 unspecified atom stereocenters. The van der Waals surface area contributed by atoms with E-state index in [1.165, 1.54) is 36.5 Å². The summed E-state index contributed by atoms with van der Waals surface area (Å²) in [4.78, 5) is 7.08. The molecule has 78 valence electrons. The van der Waals surface area contributed by atoms with E-state index in [1.807, 2.05) is 0 Å². The van der Waals surface area contributed by atoms with Crippen molar-refractivity contribution in [3.8, 4) is 0 Å². The molecule has 1 fully saturated rings. The largest absolute Gasteiger partial charge is 0.356 e. The summed E-state index contributed by atoms with van der Waals surface area (Å²) in [6.07, 6.45) is 4.76. The molecule has 0 spiro atoms. The number of nitrogens with zero attached hydrogens (tertiary/aromatic N) is 2. The van der Waals surface area contributed by atoms with Crippen molar-refractivity contribution < 1.29 is 0 Å². The van der Waals surface area contributed by atoms with Gasteiger partial charge in [0.2, 0.25) is 0 Å². The standard InChI is InChI=1S/C11H17ClN2/c1-9-10(5-6-12)8-14-7-3-2-4-11(14)13-9/h2-8H2,1H3. The number of hydrogen-bond donors (Lipinski definition) is 0. The Morgan fingerprint density at radius 2 is 2.29 bits per heavy atom. The quantitative estimate of drug-likeness (QED) is 0.643. The van der Waals surface area contributed by atoms with Crippen molar-refractivity contribution >= 4 is 17.4 Å². The van der Waals surface area contributed by atoms with E-state index >= 15 is 0 Å². The molecule has 0 N–H and O–H groups in total. The maximum Gasteiger partial charge on any atom is 0.105 e. The Balaban J connectivity index is 2.15. The summed E-state index contributed by atoms with van der Waals surface area (Å²) in [6, 6.07) is 0. The molecule has 0 saturated carbocycles. The number of piperidine rings is 1. The third-order valence-electron chi connectivity index (χ3n) is 3.03. The van der Waals surface area contributed by atoms with Gasteiger partial charge in [0, 0.05) is 31.1 Å². The Bertz CT molecular complexity index is 281. The zero-order chi connectivity index (χ0) is 9.97. The fourth-order valence-electron chi connectivity index (χ4n) is 2.16. The molecule has 0 radical (unpaired) electrons. The minimum absolute atomic E-state index is 0.714. The van der Waals surface area contributed by atoms with E-state index in [9.17, 15) is 0 Å². The number of aliphatic imine (C=N–C) groups is 1. The molecule has 0 aromatic carbocycles. The van der Waals surface area contributed by atoms with Crippen LogP contribution in [-0.2, 0) is 0 Å². The van der Waals surface area contributed by atoms with Crippen molar-refractivity contribution in [3.05, 3.63) is 11.3 Å². The van der Waals surface area contributed by atoms with Crippen LogP contribution >= 0.6 is 11.6 Å². The van der Waals surface area contributed by atoms with E-state index < -0.39 is 0 Å². The lowest BCUT2D eigenvalue weighted by Gasteiger charge is -2.34. The van der Waals surface area contributed by atoms with Crippen LogP contribution in [0.1, 0.15) is 32.6 Å². The average Bonchev–Trinajstić information content (AvgIpc) is 2.19. The summed E-state index contributed by atoms with van der Waals surface area (Å²) in [5.41, 5.74) is 2.63. The number of rotatable bonds is 2. The van der Waals surface area contributed by atoms with Crippen LogP contribution < -0.4 is 0 Å². The second kappa shape index (κ2) is 4.35. The third kappa shape index (κ3) is 1.95. The molecule has 0 aromatic rings. The smallest absolute Gasteiger partial charge is 0.105 e. The maximum absolute atomic E-state index is 5.77. The monoisotopic (exact) mass is 212 g/mol. The zero-order valence-corrected chi connectivity index (χ0v) is 9.48. The maximum atomic E-state index is 5.77. The second-order valence-corrected chi connectivity index (χ2v) is 4.41. The number of allylic oxidation sites excluding steroid dienone is 1. The van der Waals surface area contributed by atoms with Crippen LogP contribution in [-0.4, -0.2) is 29.7 Å². The van der Waals surface area contributed by atoms with E-state index in [0.29, 0.717) is 5.88 Å². The molecule has 2 aliphatic rings. The Labute approximate surface area is 90.6 Å². The average molecular weight is 213 g/mol. The first-order chi connectivity index (χ1) is 6.81.